The fraction of sp³-hybridized carbons (Fsp3) is 0.444. The Labute approximate surface area is 212 Å². The maximum absolute atomic E-state index is 13.4. The molecule has 0 saturated carbocycles. The maximum Gasteiger partial charge on any atom is 0.323 e. The Morgan fingerprint density at radius 1 is 1.06 bits per heavy atom. The lowest BCUT2D eigenvalue weighted by Gasteiger charge is -2.36. The van der Waals surface area contributed by atoms with Crippen molar-refractivity contribution >= 4 is 29.2 Å². The van der Waals surface area contributed by atoms with E-state index in [1.807, 2.05) is 43.9 Å². The number of amides is 4. The van der Waals surface area contributed by atoms with E-state index in [4.69, 9.17) is 9.47 Å². The van der Waals surface area contributed by atoms with E-state index in [1.165, 1.54) is 0 Å². The second-order valence-corrected chi connectivity index (χ2v) is 9.15. The molecule has 9 heteroatoms. The molecule has 0 aliphatic carbocycles. The van der Waals surface area contributed by atoms with Crippen molar-refractivity contribution in [3.05, 3.63) is 54.1 Å². The minimum Gasteiger partial charge on any atom is -0.491 e. The monoisotopic (exact) mass is 496 g/mol. The number of para-hydroxylation sites is 1. The number of nitrogens with zero attached hydrogens (tertiary/aromatic N) is 2. The molecule has 0 saturated heterocycles. The Bertz CT molecular complexity index is 1060. The number of hydrogen-bond donors (Lipinski definition) is 2. The van der Waals surface area contributed by atoms with Gasteiger partial charge in [-0.05, 0) is 37.3 Å². The van der Waals surface area contributed by atoms with E-state index in [-0.39, 0.29) is 36.5 Å². The summed E-state index contributed by atoms with van der Waals surface area (Å²) in [5.74, 6) is 0.176. The highest BCUT2D eigenvalue weighted by Crippen LogP contribution is 2.26. The lowest BCUT2D eigenvalue weighted by molar-refractivity contribution is -0.135. The number of urea groups is 1. The number of methoxy groups -OCH3 is 1. The largest absolute Gasteiger partial charge is 0.491 e. The van der Waals surface area contributed by atoms with Gasteiger partial charge < -0.3 is 29.9 Å². The van der Waals surface area contributed by atoms with Gasteiger partial charge in [0.05, 0.1) is 17.7 Å². The van der Waals surface area contributed by atoms with Crippen molar-refractivity contribution in [1.82, 2.24) is 9.80 Å². The number of fused-ring (bicyclic) bond motifs is 1. The summed E-state index contributed by atoms with van der Waals surface area (Å²) in [6, 6.07) is 13.4. The van der Waals surface area contributed by atoms with Gasteiger partial charge in [-0.25, -0.2) is 4.79 Å². The van der Waals surface area contributed by atoms with Gasteiger partial charge in [-0.15, -0.1) is 0 Å². The molecule has 4 amide bonds. The van der Waals surface area contributed by atoms with Gasteiger partial charge in [-0.2, -0.15) is 0 Å². The summed E-state index contributed by atoms with van der Waals surface area (Å²) < 4.78 is 11.8. The van der Waals surface area contributed by atoms with E-state index in [0.717, 1.165) is 0 Å². The Balaban J connectivity index is 1.89. The molecule has 1 heterocycles. The molecular weight excluding hydrogens is 460 g/mol. The molecule has 2 aromatic carbocycles. The number of carbonyl (C=O) groups is 3. The first-order valence-corrected chi connectivity index (χ1v) is 12.2. The van der Waals surface area contributed by atoms with Gasteiger partial charge in [0, 0.05) is 51.0 Å². The molecule has 36 heavy (non-hydrogen) atoms. The molecule has 2 N–H and O–H groups in total. The zero-order valence-corrected chi connectivity index (χ0v) is 21.6. The van der Waals surface area contributed by atoms with Crippen LogP contribution in [0.5, 0.6) is 5.75 Å². The van der Waals surface area contributed by atoms with Gasteiger partial charge in [0.15, 0.2) is 0 Å². The van der Waals surface area contributed by atoms with E-state index >= 15 is 0 Å². The van der Waals surface area contributed by atoms with Crippen LogP contribution in [-0.2, 0) is 9.53 Å². The van der Waals surface area contributed by atoms with E-state index in [0.29, 0.717) is 42.2 Å². The van der Waals surface area contributed by atoms with Crippen LogP contribution in [0.2, 0.25) is 0 Å². The van der Waals surface area contributed by atoms with E-state index in [1.54, 1.807) is 49.4 Å². The van der Waals surface area contributed by atoms with Gasteiger partial charge >= 0.3 is 6.03 Å². The molecule has 3 atom stereocenters. The highest BCUT2D eigenvalue weighted by Gasteiger charge is 2.30. The topological polar surface area (TPSA) is 100 Å². The number of hydrogen-bond acceptors (Lipinski definition) is 5. The lowest BCUT2D eigenvalue weighted by atomic mass is 10.0. The Morgan fingerprint density at radius 2 is 1.75 bits per heavy atom. The standard InChI is InChI=1S/C27H36N4O5/c1-6-25(32)31-15-18(2)24(35-5)16-30(4)26(33)22-14-21(12-13-23(22)36-17-19(31)3)29-27(34)28-20-10-8-7-9-11-20/h7-14,18-19,24H,6,15-17H2,1-5H3,(H2,28,29,34)/t18-,19-,24-/m0/s1. The van der Waals surface area contributed by atoms with Crippen LogP contribution in [0.1, 0.15) is 37.6 Å². The minimum absolute atomic E-state index is 0.00298. The van der Waals surface area contributed by atoms with E-state index in [2.05, 4.69) is 10.6 Å². The molecule has 0 aromatic heterocycles. The molecule has 9 nitrogen and oxygen atoms in total. The van der Waals surface area contributed by atoms with Crippen molar-refractivity contribution in [2.45, 2.75) is 39.3 Å². The first-order valence-electron chi connectivity index (χ1n) is 12.2. The lowest BCUT2D eigenvalue weighted by Crippen LogP contribution is -2.48. The molecule has 3 rings (SSSR count). The molecule has 0 spiro atoms. The quantitative estimate of drug-likeness (QED) is 0.665. The van der Waals surface area contributed by atoms with Crippen molar-refractivity contribution < 1.29 is 23.9 Å². The van der Waals surface area contributed by atoms with Crippen LogP contribution in [0.25, 0.3) is 0 Å². The van der Waals surface area contributed by atoms with Gasteiger partial charge in [0.25, 0.3) is 5.91 Å². The predicted molar refractivity (Wildman–Crippen MR) is 139 cm³/mol. The Kier molecular flexibility index (Phi) is 9.30. The van der Waals surface area contributed by atoms with Crippen molar-refractivity contribution in [2.75, 3.05) is 44.5 Å². The highest BCUT2D eigenvalue weighted by molar-refractivity contribution is 6.02. The predicted octanol–water partition coefficient (Wildman–Crippen LogP) is 4.07. The normalized spacial score (nSPS) is 20.9. The third-order valence-electron chi connectivity index (χ3n) is 6.36. The minimum atomic E-state index is -0.424. The van der Waals surface area contributed by atoms with Crippen molar-refractivity contribution in [2.24, 2.45) is 5.92 Å². The van der Waals surface area contributed by atoms with Crippen LogP contribution < -0.4 is 15.4 Å². The van der Waals surface area contributed by atoms with Crippen LogP contribution in [-0.4, -0.2) is 73.6 Å². The van der Waals surface area contributed by atoms with Gasteiger partial charge in [0.2, 0.25) is 5.91 Å². The molecule has 1 aliphatic heterocycles. The zero-order valence-electron chi connectivity index (χ0n) is 21.6. The zero-order chi connectivity index (χ0) is 26.2. The molecule has 0 unspecified atom stereocenters. The highest BCUT2D eigenvalue weighted by atomic mass is 16.5. The summed E-state index contributed by atoms with van der Waals surface area (Å²) >= 11 is 0. The van der Waals surface area contributed by atoms with Crippen molar-refractivity contribution in [3.8, 4) is 5.75 Å². The summed E-state index contributed by atoms with van der Waals surface area (Å²) in [6.07, 6.45) is 0.129. The van der Waals surface area contributed by atoms with Crippen molar-refractivity contribution in [3.63, 3.8) is 0 Å². The average molecular weight is 497 g/mol. The number of carbonyl (C=O) groups excluding carboxylic acids is 3. The second-order valence-electron chi connectivity index (χ2n) is 9.15. The van der Waals surface area contributed by atoms with Gasteiger partial charge in [-0.1, -0.05) is 32.0 Å². The SMILES string of the molecule is CCC(=O)N1C[C@H](C)[C@@H](OC)CN(C)C(=O)c2cc(NC(=O)Nc3ccccc3)ccc2OC[C@@H]1C. The number of likely N-dealkylation sites (N-methyl/N-ethyl adjacent to an activating group) is 1. The maximum atomic E-state index is 13.4. The number of benzene rings is 2. The average Bonchev–Trinajstić information content (AvgIpc) is 2.88. The van der Waals surface area contributed by atoms with Gasteiger partial charge in [-0.3, -0.25) is 9.59 Å². The molecular formula is C27H36N4O5. The number of ether oxygens (including phenoxy) is 2. The summed E-state index contributed by atoms with van der Waals surface area (Å²) in [7, 11) is 3.32. The Morgan fingerprint density at radius 3 is 2.42 bits per heavy atom. The van der Waals surface area contributed by atoms with Crippen LogP contribution in [0.4, 0.5) is 16.2 Å². The van der Waals surface area contributed by atoms with Crippen LogP contribution >= 0.6 is 0 Å². The second kappa shape index (κ2) is 12.4. The molecule has 194 valence electrons. The van der Waals surface area contributed by atoms with E-state index < -0.39 is 6.03 Å². The molecule has 0 fully saturated rings. The molecule has 1 aliphatic rings. The summed E-state index contributed by atoms with van der Waals surface area (Å²) in [6.45, 7) is 6.86. The summed E-state index contributed by atoms with van der Waals surface area (Å²) in [4.78, 5) is 42.0. The number of anilines is 2. The smallest absolute Gasteiger partial charge is 0.323 e. The van der Waals surface area contributed by atoms with Crippen molar-refractivity contribution in [1.29, 1.82) is 0 Å². The number of nitrogens with one attached hydrogen (secondary N) is 2. The van der Waals surface area contributed by atoms with Crippen LogP contribution in [0.15, 0.2) is 48.5 Å². The molecule has 2 aromatic rings. The third kappa shape index (κ3) is 6.75. The number of rotatable bonds is 4. The summed E-state index contributed by atoms with van der Waals surface area (Å²) in [5, 5.41) is 5.53. The fourth-order valence-electron chi connectivity index (χ4n) is 4.22. The molecule has 0 bridgehead atoms. The first-order chi connectivity index (χ1) is 17.2. The summed E-state index contributed by atoms with van der Waals surface area (Å²) in [5.41, 5.74) is 1.42. The van der Waals surface area contributed by atoms with Gasteiger partial charge in [0.1, 0.15) is 12.4 Å². The van der Waals surface area contributed by atoms with Crippen LogP contribution in [0.3, 0.4) is 0 Å². The van der Waals surface area contributed by atoms with E-state index in [9.17, 15) is 14.4 Å². The fourth-order valence-corrected chi connectivity index (χ4v) is 4.22. The third-order valence-corrected chi connectivity index (χ3v) is 6.36. The molecule has 0 radical (unpaired) electrons. The first kappa shape index (κ1) is 27.0. The van der Waals surface area contributed by atoms with Crippen LogP contribution in [0, 0.1) is 5.92 Å². The Hall–Kier alpha value is -3.59.